The summed E-state index contributed by atoms with van der Waals surface area (Å²) in [5.74, 6) is 1.03. The number of amides is 1. The van der Waals surface area contributed by atoms with E-state index in [4.69, 9.17) is 4.74 Å². The van der Waals surface area contributed by atoms with Crippen molar-refractivity contribution in [2.24, 2.45) is 0 Å². The maximum atomic E-state index is 13.3. The number of fused-ring (bicyclic) bond motifs is 2. The minimum Gasteiger partial charge on any atom is -0.453 e. The molecule has 0 saturated carbocycles. The zero-order valence-electron chi connectivity index (χ0n) is 23.3. The molecular weight excluding hydrogens is 450 g/mol. The Bertz CT molecular complexity index is 1210. The van der Waals surface area contributed by atoms with Gasteiger partial charge in [0.15, 0.2) is 11.5 Å². The molecule has 6 nitrogen and oxygen atoms in total. The summed E-state index contributed by atoms with van der Waals surface area (Å²) in [5.41, 5.74) is 2.35. The molecule has 1 aromatic heterocycles. The fraction of sp³-hybridized carbons (Fsp3) is 0.467. The van der Waals surface area contributed by atoms with Crippen LogP contribution in [0.25, 0.3) is 16.6 Å². The maximum Gasteiger partial charge on any atom is 0.256 e. The molecule has 1 unspecified atom stereocenters. The van der Waals surface area contributed by atoms with Gasteiger partial charge in [0.25, 0.3) is 5.91 Å². The molecule has 3 aromatic rings. The molecule has 1 aliphatic heterocycles. The number of nitrogens with one attached hydrogen (secondary N) is 1. The molecule has 1 aliphatic rings. The number of para-hydroxylation sites is 2. The van der Waals surface area contributed by atoms with Crippen molar-refractivity contribution < 1.29 is 9.53 Å². The number of pyridine rings is 1. The number of nitrogens with zero attached hydrogens (tertiary/aromatic N) is 2. The van der Waals surface area contributed by atoms with Crippen molar-refractivity contribution in [1.82, 2.24) is 14.8 Å². The van der Waals surface area contributed by atoms with Crippen LogP contribution in [0, 0.1) is 6.92 Å². The van der Waals surface area contributed by atoms with Crippen molar-refractivity contribution in [3.63, 3.8) is 0 Å². The number of carbonyl (C=O) groups excluding carboxylic acids is 1. The van der Waals surface area contributed by atoms with E-state index < -0.39 is 0 Å². The van der Waals surface area contributed by atoms with Crippen LogP contribution in [-0.4, -0.2) is 41.1 Å². The highest BCUT2D eigenvalue weighted by Gasteiger charge is 2.25. The molecule has 0 fully saturated rings. The molecule has 196 valence electrons. The number of hydrogen-bond acceptors (Lipinski definition) is 4. The first-order valence-electron chi connectivity index (χ1n) is 13.4. The average Bonchev–Trinajstić information content (AvgIpc) is 2.91. The van der Waals surface area contributed by atoms with Crippen molar-refractivity contribution in [2.75, 3.05) is 19.6 Å². The van der Waals surface area contributed by atoms with Crippen LogP contribution >= 0.6 is 0 Å². The fourth-order valence-corrected chi connectivity index (χ4v) is 4.36. The molecule has 0 bridgehead atoms. The second-order valence-corrected chi connectivity index (χ2v) is 8.46. The zero-order chi connectivity index (χ0) is 26.8. The summed E-state index contributed by atoms with van der Waals surface area (Å²) in [6, 6.07) is 11.3. The summed E-state index contributed by atoms with van der Waals surface area (Å²) in [6.45, 7) is 19.3. The van der Waals surface area contributed by atoms with Gasteiger partial charge in [0, 0.05) is 12.2 Å². The predicted molar refractivity (Wildman–Crippen MR) is 151 cm³/mol. The van der Waals surface area contributed by atoms with Gasteiger partial charge in [-0.15, -0.1) is 0 Å². The van der Waals surface area contributed by atoms with Gasteiger partial charge in [0.05, 0.1) is 11.1 Å². The Morgan fingerprint density at radius 2 is 1.72 bits per heavy atom. The zero-order valence-corrected chi connectivity index (χ0v) is 23.3. The van der Waals surface area contributed by atoms with Crippen LogP contribution in [0.2, 0.25) is 0 Å². The number of hydrogen-bond donors (Lipinski definition) is 1. The molecule has 1 atom stereocenters. The van der Waals surface area contributed by atoms with E-state index in [0.29, 0.717) is 22.4 Å². The molecule has 36 heavy (non-hydrogen) atoms. The Labute approximate surface area is 216 Å². The second-order valence-electron chi connectivity index (χ2n) is 8.46. The molecule has 0 saturated heterocycles. The highest BCUT2D eigenvalue weighted by molar-refractivity contribution is 5.99. The Hall–Kier alpha value is -3.12. The quantitative estimate of drug-likeness (QED) is 0.297. The number of ether oxygens (including phenoxy) is 1. The van der Waals surface area contributed by atoms with Crippen LogP contribution in [0.5, 0.6) is 11.5 Å². The summed E-state index contributed by atoms with van der Waals surface area (Å²) in [4.78, 5) is 28.7. The monoisotopic (exact) mass is 493 g/mol. The Morgan fingerprint density at radius 3 is 2.39 bits per heavy atom. The van der Waals surface area contributed by atoms with E-state index in [1.807, 2.05) is 76.4 Å². The van der Waals surface area contributed by atoms with Gasteiger partial charge in [-0.1, -0.05) is 59.7 Å². The fourth-order valence-electron chi connectivity index (χ4n) is 4.36. The third-order valence-electron chi connectivity index (χ3n) is 6.28. The van der Waals surface area contributed by atoms with Gasteiger partial charge in [-0.25, -0.2) is 0 Å². The van der Waals surface area contributed by atoms with E-state index in [1.54, 1.807) is 12.3 Å². The van der Waals surface area contributed by atoms with E-state index in [-0.39, 0.29) is 22.9 Å². The average molecular weight is 494 g/mol. The second kappa shape index (κ2) is 13.8. The molecule has 2 heterocycles. The maximum absolute atomic E-state index is 13.3. The van der Waals surface area contributed by atoms with E-state index >= 15 is 0 Å². The standard InChI is InChI=1S/C26H31N3O3.2C2H6/c1-5-28(6-2)15-9-10-18(4)27-26(31)20-16-29-21-11-7-8-12-22(21)32-25-17(3)13-14-19(23(25)29)24(20)30;2*1-2/h7-8,11-14,16,18H,5-6,9-10,15H2,1-4H3,(H,27,31);2*1-2H3. The Balaban J connectivity index is 0.00000109. The first-order chi connectivity index (χ1) is 17.4. The number of rotatable bonds is 8. The summed E-state index contributed by atoms with van der Waals surface area (Å²) >= 11 is 0. The van der Waals surface area contributed by atoms with Gasteiger partial charge in [0.2, 0.25) is 5.43 Å². The molecule has 0 aliphatic carbocycles. The number of benzene rings is 2. The third kappa shape index (κ3) is 6.16. The van der Waals surface area contributed by atoms with Crippen molar-refractivity contribution in [3.8, 4) is 17.2 Å². The lowest BCUT2D eigenvalue weighted by Crippen LogP contribution is -2.36. The minimum absolute atomic E-state index is 0.0151. The smallest absolute Gasteiger partial charge is 0.256 e. The third-order valence-corrected chi connectivity index (χ3v) is 6.28. The summed E-state index contributed by atoms with van der Waals surface area (Å²) < 4.78 is 8.03. The van der Waals surface area contributed by atoms with E-state index in [2.05, 4.69) is 24.1 Å². The summed E-state index contributed by atoms with van der Waals surface area (Å²) in [6.07, 6.45) is 3.52. The topological polar surface area (TPSA) is 63.6 Å². The molecule has 6 heteroatoms. The Morgan fingerprint density at radius 1 is 1.06 bits per heavy atom. The van der Waals surface area contributed by atoms with Crippen LogP contribution < -0.4 is 15.5 Å². The van der Waals surface area contributed by atoms with Gasteiger partial charge < -0.3 is 19.5 Å². The lowest BCUT2D eigenvalue weighted by atomic mass is 10.0. The van der Waals surface area contributed by atoms with Gasteiger partial charge in [-0.3, -0.25) is 9.59 Å². The van der Waals surface area contributed by atoms with Crippen molar-refractivity contribution in [1.29, 1.82) is 0 Å². The first kappa shape index (κ1) is 29.1. The van der Waals surface area contributed by atoms with Crippen LogP contribution in [0.3, 0.4) is 0 Å². The van der Waals surface area contributed by atoms with E-state index in [9.17, 15) is 9.59 Å². The first-order valence-corrected chi connectivity index (χ1v) is 13.4. The van der Waals surface area contributed by atoms with Gasteiger partial charge >= 0.3 is 0 Å². The Kier molecular flexibility index (Phi) is 11.2. The van der Waals surface area contributed by atoms with Crippen LogP contribution in [0.15, 0.2) is 47.4 Å². The van der Waals surface area contributed by atoms with Crippen molar-refractivity contribution in [2.45, 2.75) is 74.3 Å². The number of aryl methyl sites for hydroxylation is 1. The van der Waals surface area contributed by atoms with Gasteiger partial charge in [0.1, 0.15) is 11.1 Å². The number of carbonyl (C=O) groups is 1. The lowest BCUT2D eigenvalue weighted by molar-refractivity contribution is 0.0935. The van der Waals surface area contributed by atoms with Gasteiger partial charge in [-0.05, 0) is 70.1 Å². The molecule has 1 amide bonds. The highest BCUT2D eigenvalue weighted by atomic mass is 16.5. The van der Waals surface area contributed by atoms with E-state index in [1.165, 1.54) is 0 Å². The lowest BCUT2D eigenvalue weighted by Gasteiger charge is -2.25. The van der Waals surface area contributed by atoms with Crippen molar-refractivity contribution in [3.05, 3.63) is 63.9 Å². The van der Waals surface area contributed by atoms with Gasteiger partial charge in [-0.2, -0.15) is 0 Å². The normalized spacial score (nSPS) is 11.9. The predicted octanol–water partition coefficient (Wildman–Crippen LogP) is 6.70. The summed E-state index contributed by atoms with van der Waals surface area (Å²) in [5, 5.41) is 3.52. The van der Waals surface area contributed by atoms with Crippen LogP contribution in [0.1, 0.15) is 77.2 Å². The molecule has 0 spiro atoms. The number of aromatic nitrogens is 1. The molecular formula is C30H43N3O3. The molecule has 0 radical (unpaired) electrons. The minimum atomic E-state index is -0.331. The highest BCUT2D eigenvalue weighted by Crippen LogP contribution is 2.41. The molecule has 2 aromatic carbocycles. The SMILES string of the molecule is CC.CC.CCN(CC)CCCC(C)NC(=O)c1cn2c3c(c(C)ccc3c1=O)Oc1ccccc1-2. The largest absolute Gasteiger partial charge is 0.453 e. The van der Waals surface area contributed by atoms with Crippen molar-refractivity contribution >= 4 is 16.8 Å². The molecule has 1 N–H and O–H groups in total. The van der Waals surface area contributed by atoms with E-state index in [0.717, 1.165) is 43.7 Å². The summed E-state index contributed by atoms with van der Waals surface area (Å²) in [7, 11) is 0. The molecule has 4 rings (SSSR count). The van der Waals surface area contributed by atoms with Crippen LogP contribution in [0.4, 0.5) is 0 Å². The van der Waals surface area contributed by atoms with Crippen LogP contribution in [-0.2, 0) is 0 Å².